The fourth-order valence-corrected chi connectivity index (χ4v) is 4.32. The van der Waals surface area contributed by atoms with Crippen LogP contribution in [0.1, 0.15) is 5.56 Å². The molecule has 5 rings (SSSR count). The SMILES string of the molecule is O=C1NC(=O)C(=Cc2ccc(OCCn3cc4ccc(=O)cc-4c(-c4ccccc4)n3)cc2)S1. The van der Waals surface area contributed by atoms with E-state index in [0.717, 1.165) is 39.7 Å². The van der Waals surface area contributed by atoms with E-state index >= 15 is 0 Å². The Kier molecular flexibility index (Phi) is 5.97. The fraction of sp³-hybridized carbons (Fsp3) is 0.0769. The van der Waals surface area contributed by atoms with Crippen molar-refractivity contribution in [3.8, 4) is 28.1 Å². The minimum absolute atomic E-state index is 0.0505. The van der Waals surface area contributed by atoms with Crippen molar-refractivity contribution in [1.29, 1.82) is 0 Å². The largest absolute Gasteiger partial charge is 0.492 e. The molecule has 2 aliphatic heterocycles. The number of hydrogen-bond acceptors (Lipinski definition) is 6. The third-order valence-electron chi connectivity index (χ3n) is 5.25. The number of benzene rings is 3. The molecule has 34 heavy (non-hydrogen) atoms. The monoisotopic (exact) mass is 469 g/mol. The maximum atomic E-state index is 11.9. The van der Waals surface area contributed by atoms with Crippen LogP contribution in [0.15, 0.2) is 88.7 Å². The van der Waals surface area contributed by atoms with Gasteiger partial charge in [0.15, 0.2) is 5.43 Å². The molecule has 2 aromatic rings. The Bertz CT molecular complexity index is 1430. The van der Waals surface area contributed by atoms with Crippen molar-refractivity contribution in [2.45, 2.75) is 6.54 Å². The van der Waals surface area contributed by atoms with Crippen molar-refractivity contribution < 1.29 is 14.3 Å². The normalized spacial score (nSPS) is 14.5. The quantitative estimate of drug-likeness (QED) is 0.421. The summed E-state index contributed by atoms with van der Waals surface area (Å²) in [6.45, 7) is 0.907. The van der Waals surface area contributed by atoms with Crippen LogP contribution in [0, 0.1) is 0 Å². The van der Waals surface area contributed by atoms with Gasteiger partial charge < -0.3 is 4.74 Å². The number of carbonyl (C=O) groups is 2. The summed E-state index contributed by atoms with van der Waals surface area (Å²) in [4.78, 5) is 35.3. The minimum Gasteiger partial charge on any atom is -0.492 e. The zero-order valence-electron chi connectivity index (χ0n) is 17.9. The Balaban J connectivity index is 1.30. The summed E-state index contributed by atoms with van der Waals surface area (Å²) in [7, 11) is 0. The molecular weight excluding hydrogens is 450 g/mol. The molecule has 0 atom stereocenters. The summed E-state index contributed by atoms with van der Waals surface area (Å²) in [5.41, 5.74) is 4.19. The van der Waals surface area contributed by atoms with E-state index < -0.39 is 0 Å². The molecule has 0 saturated carbocycles. The molecule has 2 amide bonds. The van der Waals surface area contributed by atoms with Crippen LogP contribution in [0.4, 0.5) is 4.79 Å². The van der Waals surface area contributed by atoms with Crippen molar-refractivity contribution >= 4 is 29.0 Å². The molecule has 0 bridgehead atoms. The average Bonchev–Trinajstić information content (AvgIpc) is 3.16. The molecule has 1 saturated heterocycles. The molecule has 3 aliphatic rings. The zero-order chi connectivity index (χ0) is 23.5. The Morgan fingerprint density at radius 2 is 1.74 bits per heavy atom. The standard InChI is InChI=1S/C26H19N3O4S/c30-20-9-8-19-16-29(28-24(22(19)15-20)18-4-2-1-3-5-18)12-13-33-21-10-6-17(7-11-21)14-23-25(31)27-26(32)34-23/h1-11,14-16H,12-13H2,(H,27,31,32). The van der Waals surface area contributed by atoms with E-state index in [9.17, 15) is 14.4 Å². The van der Waals surface area contributed by atoms with Gasteiger partial charge in [-0.3, -0.25) is 24.4 Å². The minimum atomic E-state index is -0.378. The first kappa shape index (κ1) is 21.7. The number of ether oxygens (including phenoxy) is 1. The van der Waals surface area contributed by atoms with Gasteiger partial charge in [-0.1, -0.05) is 42.5 Å². The third-order valence-corrected chi connectivity index (χ3v) is 6.06. The molecule has 8 heteroatoms. The van der Waals surface area contributed by atoms with Gasteiger partial charge in [-0.25, -0.2) is 0 Å². The van der Waals surface area contributed by atoms with Gasteiger partial charge in [0.25, 0.3) is 11.1 Å². The van der Waals surface area contributed by atoms with Gasteiger partial charge in [-0.15, -0.1) is 0 Å². The summed E-state index contributed by atoms with van der Waals surface area (Å²) < 4.78 is 7.70. The lowest BCUT2D eigenvalue weighted by Gasteiger charge is -2.16. The van der Waals surface area contributed by atoms with Crippen LogP contribution in [-0.4, -0.2) is 27.5 Å². The van der Waals surface area contributed by atoms with Crippen molar-refractivity contribution in [2.75, 3.05) is 6.61 Å². The average molecular weight is 470 g/mol. The molecule has 2 heterocycles. The van der Waals surface area contributed by atoms with Gasteiger partial charge >= 0.3 is 0 Å². The van der Waals surface area contributed by atoms with Gasteiger partial charge in [-0.2, -0.15) is 5.10 Å². The van der Waals surface area contributed by atoms with Gasteiger partial charge in [0.2, 0.25) is 0 Å². The zero-order valence-corrected chi connectivity index (χ0v) is 18.7. The lowest BCUT2D eigenvalue weighted by molar-refractivity contribution is -0.115. The van der Waals surface area contributed by atoms with Crippen LogP contribution in [0.25, 0.3) is 28.5 Å². The van der Waals surface area contributed by atoms with Crippen LogP contribution in [0.3, 0.4) is 0 Å². The highest BCUT2D eigenvalue weighted by Gasteiger charge is 2.24. The van der Waals surface area contributed by atoms with Crippen molar-refractivity contribution in [3.63, 3.8) is 0 Å². The highest BCUT2D eigenvalue weighted by atomic mass is 32.2. The summed E-state index contributed by atoms with van der Waals surface area (Å²) in [6.07, 6.45) is 3.58. The first-order valence-corrected chi connectivity index (χ1v) is 11.4. The number of hydrogen-bond donors (Lipinski definition) is 1. The van der Waals surface area contributed by atoms with Crippen LogP contribution in [0.5, 0.6) is 5.75 Å². The molecular formula is C26H19N3O4S. The van der Waals surface area contributed by atoms with E-state index in [4.69, 9.17) is 9.84 Å². The van der Waals surface area contributed by atoms with Gasteiger partial charge in [0.1, 0.15) is 12.4 Å². The van der Waals surface area contributed by atoms with E-state index in [1.807, 2.05) is 71.5 Å². The van der Waals surface area contributed by atoms with E-state index in [2.05, 4.69) is 5.32 Å². The van der Waals surface area contributed by atoms with Crippen molar-refractivity contribution in [1.82, 2.24) is 15.1 Å². The molecule has 168 valence electrons. The fourth-order valence-electron chi connectivity index (χ4n) is 3.64. The van der Waals surface area contributed by atoms with Gasteiger partial charge in [0, 0.05) is 22.9 Å². The van der Waals surface area contributed by atoms with Crippen LogP contribution in [-0.2, 0) is 11.3 Å². The first-order valence-electron chi connectivity index (χ1n) is 10.6. The summed E-state index contributed by atoms with van der Waals surface area (Å²) in [5, 5.41) is 6.63. The Morgan fingerprint density at radius 3 is 2.47 bits per heavy atom. The summed E-state index contributed by atoms with van der Waals surface area (Å²) in [5.74, 6) is 0.305. The van der Waals surface area contributed by atoms with Crippen LogP contribution >= 0.6 is 11.8 Å². The number of fused-ring (bicyclic) bond motifs is 1. The van der Waals surface area contributed by atoms with Gasteiger partial charge in [0.05, 0.1) is 17.1 Å². The molecule has 0 radical (unpaired) electrons. The Hall–Kier alpha value is -4.17. The molecule has 0 spiro atoms. The molecule has 0 aromatic heterocycles. The third kappa shape index (κ3) is 4.77. The molecule has 1 fully saturated rings. The molecule has 7 nitrogen and oxygen atoms in total. The first-order chi connectivity index (χ1) is 16.5. The van der Waals surface area contributed by atoms with E-state index in [1.165, 1.54) is 0 Å². The second-order valence-electron chi connectivity index (χ2n) is 7.63. The van der Waals surface area contributed by atoms with Crippen LogP contribution < -0.4 is 15.5 Å². The lowest BCUT2D eigenvalue weighted by atomic mass is 9.99. The number of aromatic nitrogens is 2. The predicted molar refractivity (Wildman–Crippen MR) is 132 cm³/mol. The number of nitrogens with one attached hydrogen (secondary N) is 1. The molecule has 2 aromatic carbocycles. The maximum absolute atomic E-state index is 11.9. The number of rotatable bonds is 6. The van der Waals surface area contributed by atoms with Crippen molar-refractivity contribution in [3.05, 3.63) is 99.7 Å². The summed E-state index contributed by atoms with van der Waals surface area (Å²) >= 11 is 0.888. The smallest absolute Gasteiger partial charge is 0.290 e. The number of nitrogens with zero attached hydrogens (tertiary/aromatic N) is 2. The number of imide groups is 1. The Morgan fingerprint density at radius 1 is 0.941 bits per heavy atom. The lowest BCUT2D eigenvalue weighted by Crippen LogP contribution is -2.17. The van der Waals surface area contributed by atoms with Gasteiger partial charge in [-0.05, 0) is 53.7 Å². The van der Waals surface area contributed by atoms with Crippen molar-refractivity contribution in [2.24, 2.45) is 0 Å². The molecule has 1 N–H and O–H groups in total. The molecule has 1 aliphatic carbocycles. The highest BCUT2D eigenvalue weighted by molar-refractivity contribution is 8.18. The second-order valence-corrected chi connectivity index (χ2v) is 8.64. The summed E-state index contributed by atoms with van der Waals surface area (Å²) in [6, 6.07) is 22.0. The Labute approximate surface area is 199 Å². The number of amides is 2. The maximum Gasteiger partial charge on any atom is 0.290 e. The highest BCUT2D eigenvalue weighted by Crippen LogP contribution is 2.30. The van der Waals surface area contributed by atoms with E-state index in [1.54, 1.807) is 18.2 Å². The van der Waals surface area contributed by atoms with E-state index in [0.29, 0.717) is 23.8 Å². The molecule has 0 unspecified atom stereocenters. The second kappa shape index (κ2) is 9.36. The number of thioether (sulfide) groups is 1. The predicted octanol–water partition coefficient (Wildman–Crippen LogP) is 4.42. The van der Waals surface area contributed by atoms with E-state index in [-0.39, 0.29) is 16.6 Å². The van der Waals surface area contributed by atoms with Crippen LogP contribution in [0.2, 0.25) is 0 Å². The topological polar surface area (TPSA) is 90.3 Å². The number of carbonyl (C=O) groups excluding carboxylic acids is 2.